The number of aromatic hydroxyl groups is 1. The Morgan fingerprint density at radius 1 is 1.06 bits per heavy atom. The number of amides is 1. The van der Waals surface area contributed by atoms with E-state index in [0.717, 1.165) is 31.2 Å². The first kappa shape index (κ1) is 23.4. The van der Waals surface area contributed by atoms with Gasteiger partial charge in [0.1, 0.15) is 5.82 Å². The number of nitrogens with one attached hydrogen (secondary N) is 1. The summed E-state index contributed by atoms with van der Waals surface area (Å²) in [7, 11) is 0. The zero-order valence-electron chi connectivity index (χ0n) is 19.3. The summed E-state index contributed by atoms with van der Waals surface area (Å²) in [6, 6.07) is 12.8. The molecule has 2 heterocycles. The second kappa shape index (κ2) is 10.4. The number of rotatable bonds is 5. The molecule has 176 valence electrons. The van der Waals surface area contributed by atoms with Gasteiger partial charge in [-0.15, -0.1) is 0 Å². The van der Waals surface area contributed by atoms with Gasteiger partial charge in [0.25, 0.3) is 0 Å². The van der Waals surface area contributed by atoms with Crippen LogP contribution in [-0.4, -0.2) is 31.9 Å². The molecule has 0 spiro atoms. The molecule has 2 aromatic heterocycles. The van der Waals surface area contributed by atoms with Crippen molar-refractivity contribution in [3.8, 4) is 16.9 Å². The van der Waals surface area contributed by atoms with Crippen molar-refractivity contribution in [2.45, 2.75) is 51.9 Å². The molecular formula is C26H28N4O4. The fraction of sp³-hybridized carbons (Fsp3) is 0.346. The van der Waals surface area contributed by atoms with Crippen LogP contribution in [0, 0.1) is 12.8 Å². The standard InChI is InChI=1S/C26H28N4O4/c1-16-25(32)24(26(33)30-34-17(2)31)29-23(28-16)14-18-5-7-19(8-6-18)20-9-11-21(12-10-20)22-4-3-13-27-15-22/h3-4,9-13,15,18-19,32H,5-8,14H2,1-2H3,(H,30,33). The molecule has 0 atom stereocenters. The number of hydroxylamine groups is 1. The smallest absolute Gasteiger partial charge is 0.329 e. The van der Waals surface area contributed by atoms with Gasteiger partial charge in [-0.2, -0.15) is 5.48 Å². The summed E-state index contributed by atoms with van der Waals surface area (Å²) in [6.07, 6.45) is 8.50. The van der Waals surface area contributed by atoms with Crippen LogP contribution >= 0.6 is 0 Å². The predicted octanol–water partition coefficient (Wildman–Crippen LogP) is 4.28. The maximum Gasteiger partial charge on any atom is 0.329 e. The molecule has 0 aliphatic heterocycles. The van der Waals surface area contributed by atoms with Crippen molar-refractivity contribution in [1.82, 2.24) is 20.4 Å². The average Bonchev–Trinajstić information content (AvgIpc) is 2.86. The number of nitrogens with zero attached hydrogens (tertiary/aromatic N) is 3. The third-order valence-corrected chi connectivity index (χ3v) is 6.30. The van der Waals surface area contributed by atoms with Gasteiger partial charge in [0.15, 0.2) is 11.4 Å². The van der Waals surface area contributed by atoms with Crippen LogP contribution < -0.4 is 5.48 Å². The molecule has 1 aliphatic rings. The van der Waals surface area contributed by atoms with Crippen LogP contribution in [0.4, 0.5) is 0 Å². The molecule has 3 aromatic rings. The summed E-state index contributed by atoms with van der Waals surface area (Å²) >= 11 is 0. The molecule has 1 aromatic carbocycles. The first-order chi connectivity index (χ1) is 16.4. The molecule has 1 fully saturated rings. The van der Waals surface area contributed by atoms with Crippen LogP contribution in [0.15, 0.2) is 48.8 Å². The molecule has 2 N–H and O–H groups in total. The third kappa shape index (κ3) is 5.57. The molecule has 8 nitrogen and oxygen atoms in total. The highest BCUT2D eigenvalue weighted by Gasteiger charge is 2.25. The second-order valence-electron chi connectivity index (χ2n) is 8.73. The van der Waals surface area contributed by atoms with Crippen LogP contribution in [0.25, 0.3) is 11.1 Å². The summed E-state index contributed by atoms with van der Waals surface area (Å²) in [5.41, 5.74) is 5.76. The first-order valence-electron chi connectivity index (χ1n) is 11.4. The van der Waals surface area contributed by atoms with Gasteiger partial charge >= 0.3 is 11.9 Å². The van der Waals surface area contributed by atoms with E-state index in [-0.39, 0.29) is 11.4 Å². The molecule has 0 saturated heterocycles. The van der Waals surface area contributed by atoms with Crippen LogP contribution in [-0.2, 0) is 16.1 Å². The van der Waals surface area contributed by atoms with Gasteiger partial charge in [-0.1, -0.05) is 30.3 Å². The van der Waals surface area contributed by atoms with Crippen molar-refractivity contribution in [3.05, 3.63) is 71.6 Å². The van der Waals surface area contributed by atoms with Crippen molar-refractivity contribution >= 4 is 11.9 Å². The lowest BCUT2D eigenvalue weighted by Gasteiger charge is -2.28. The monoisotopic (exact) mass is 460 g/mol. The van der Waals surface area contributed by atoms with Gasteiger partial charge in [-0.25, -0.2) is 9.97 Å². The lowest BCUT2D eigenvalue weighted by atomic mass is 9.77. The summed E-state index contributed by atoms with van der Waals surface area (Å²) in [4.78, 5) is 40.5. The second-order valence-corrected chi connectivity index (χ2v) is 8.73. The number of carbonyl (C=O) groups is 2. The SMILES string of the molecule is CC(=O)ONC(=O)c1nc(CC2CCC(c3ccc(-c4cccnc4)cc3)CC2)nc(C)c1O. The Kier molecular flexibility index (Phi) is 7.15. The Balaban J connectivity index is 1.37. The minimum absolute atomic E-state index is 0.189. The summed E-state index contributed by atoms with van der Waals surface area (Å²) in [6.45, 7) is 2.79. The number of hydrogen-bond acceptors (Lipinski definition) is 7. The van der Waals surface area contributed by atoms with E-state index >= 15 is 0 Å². The molecule has 4 rings (SSSR count). The zero-order chi connectivity index (χ0) is 24.1. The Bertz CT molecular complexity index is 1160. The molecule has 1 saturated carbocycles. The molecule has 8 heteroatoms. The minimum atomic E-state index is -0.780. The first-order valence-corrected chi connectivity index (χ1v) is 11.4. The number of aromatic nitrogens is 3. The van der Waals surface area contributed by atoms with E-state index in [1.807, 2.05) is 17.7 Å². The fourth-order valence-electron chi connectivity index (χ4n) is 4.48. The number of hydrogen-bond donors (Lipinski definition) is 2. The summed E-state index contributed by atoms with van der Waals surface area (Å²) in [5.74, 6) is -0.328. The normalized spacial score (nSPS) is 17.7. The van der Waals surface area contributed by atoms with E-state index in [1.165, 1.54) is 18.1 Å². The van der Waals surface area contributed by atoms with E-state index in [1.54, 1.807) is 13.1 Å². The molecule has 1 aliphatic carbocycles. The van der Waals surface area contributed by atoms with E-state index < -0.39 is 11.9 Å². The molecule has 0 unspecified atom stereocenters. The fourth-order valence-corrected chi connectivity index (χ4v) is 4.48. The maximum atomic E-state index is 12.2. The largest absolute Gasteiger partial charge is 0.504 e. The maximum absolute atomic E-state index is 12.2. The average molecular weight is 461 g/mol. The van der Waals surface area contributed by atoms with Crippen molar-refractivity contribution in [3.63, 3.8) is 0 Å². The zero-order valence-corrected chi connectivity index (χ0v) is 19.3. The Morgan fingerprint density at radius 3 is 2.44 bits per heavy atom. The van der Waals surface area contributed by atoms with Crippen LogP contribution in [0.3, 0.4) is 0 Å². The molecule has 0 bridgehead atoms. The highest BCUT2D eigenvalue weighted by atomic mass is 16.7. The van der Waals surface area contributed by atoms with E-state index in [2.05, 4.69) is 50.1 Å². The lowest BCUT2D eigenvalue weighted by Crippen LogP contribution is -2.27. The van der Waals surface area contributed by atoms with Gasteiger partial charge < -0.3 is 9.94 Å². The molecule has 0 radical (unpaired) electrons. The van der Waals surface area contributed by atoms with Crippen molar-refractivity contribution in [2.75, 3.05) is 0 Å². The van der Waals surface area contributed by atoms with Gasteiger partial charge in [0.05, 0.1) is 5.69 Å². The van der Waals surface area contributed by atoms with Gasteiger partial charge in [0.2, 0.25) is 0 Å². The Morgan fingerprint density at radius 2 is 1.79 bits per heavy atom. The lowest BCUT2D eigenvalue weighted by molar-refractivity contribution is -0.146. The Labute approximate surface area is 198 Å². The topological polar surface area (TPSA) is 114 Å². The number of pyridine rings is 1. The van der Waals surface area contributed by atoms with Crippen molar-refractivity contribution < 1.29 is 19.5 Å². The van der Waals surface area contributed by atoms with Gasteiger partial charge in [-0.3, -0.25) is 14.6 Å². The molecular weight excluding hydrogens is 432 g/mol. The highest BCUT2D eigenvalue weighted by molar-refractivity contribution is 5.94. The van der Waals surface area contributed by atoms with Crippen molar-refractivity contribution in [1.29, 1.82) is 0 Å². The number of aryl methyl sites for hydroxylation is 1. The van der Waals surface area contributed by atoms with Gasteiger partial charge in [-0.05, 0) is 67.2 Å². The van der Waals surface area contributed by atoms with Crippen LogP contribution in [0.5, 0.6) is 5.75 Å². The van der Waals surface area contributed by atoms with Crippen LogP contribution in [0.2, 0.25) is 0 Å². The minimum Gasteiger partial charge on any atom is -0.504 e. The summed E-state index contributed by atoms with van der Waals surface area (Å²) in [5, 5.41) is 10.2. The van der Waals surface area contributed by atoms with E-state index in [4.69, 9.17) is 0 Å². The third-order valence-electron chi connectivity index (χ3n) is 6.30. The van der Waals surface area contributed by atoms with E-state index in [9.17, 15) is 14.7 Å². The van der Waals surface area contributed by atoms with Crippen molar-refractivity contribution in [2.24, 2.45) is 5.92 Å². The predicted molar refractivity (Wildman–Crippen MR) is 126 cm³/mol. The van der Waals surface area contributed by atoms with Crippen LogP contribution in [0.1, 0.15) is 66.1 Å². The number of carbonyl (C=O) groups excluding carboxylic acids is 2. The molecule has 1 amide bonds. The van der Waals surface area contributed by atoms with Gasteiger partial charge in [0, 0.05) is 25.7 Å². The Hall–Kier alpha value is -3.81. The number of benzene rings is 1. The summed E-state index contributed by atoms with van der Waals surface area (Å²) < 4.78 is 0. The molecule has 34 heavy (non-hydrogen) atoms. The highest BCUT2D eigenvalue weighted by Crippen LogP contribution is 2.37. The van der Waals surface area contributed by atoms with E-state index in [0.29, 0.717) is 29.8 Å². The quantitative estimate of drug-likeness (QED) is 0.546.